The molecular formula is C13H22O2. The summed E-state index contributed by atoms with van der Waals surface area (Å²) in [5.41, 5.74) is -0.566. The van der Waals surface area contributed by atoms with Crippen LogP contribution in [0.25, 0.3) is 0 Å². The van der Waals surface area contributed by atoms with E-state index in [1.165, 1.54) is 0 Å². The van der Waals surface area contributed by atoms with Gasteiger partial charge in [-0.15, -0.1) is 11.8 Å². The minimum Gasteiger partial charge on any atom is -0.481 e. The van der Waals surface area contributed by atoms with Crippen molar-refractivity contribution in [2.75, 3.05) is 0 Å². The van der Waals surface area contributed by atoms with Crippen LogP contribution in [0.15, 0.2) is 0 Å². The second-order valence-electron chi connectivity index (χ2n) is 4.53. The van der Waals surface area contributed by atoms with E-state index in [1.54, 1.807) is 13.8 Å². The van der Waals surface area contributed by atoms with Crippen LogP contribution in [-0.2, 0) is 4.79 Å². The molecule has 0 aromatic rings. The minimum absolute atomic E-state index is 0.566. The van der Waals surface area contributed by atoms with Gasteiger partial charge in [0.2, 0.25) is 0 Å². The standard InChI is InChI=1S/C13H22O2/c1-4-5-6-7-8-9-10-11-13(2,3)12(14)15/h6-11H2,1-3H3,(H,14,15). The van der Waals surface area contributed by atoms with Crippen molar-refractivity contribution in [3.8, 4) is 11.8 Å². The highest BCUT2D eigenvalue weighted by Gasteiger charge is 2.25. The predicted molar refractivity (Wildman–Crippen MR) is 62.6 cm³/mol. The fourth-order valence-electron chi connectivity index (χ4n) is 1.37. The molecule has 0 bridgehead atoms. The Balaban J connectivity index is 3.45. The van der Waals surface area contributed by atoms with Gasteiger partial charge in [-0.1, -0.05) is 19.3 Å². The third-order valence-electron chi connectivity index (χ3n) is 2.61. The number of carboxylic acids is 1. The van der Waals surface area contributed by atoms with Crippen molar-refractivity contribution < 1.29 is 9.90 Å². The molecule has 0 rings (SSSR count). The van der Waals surface area contributed by atoms with Gasteiger partial charge in [-0.2, -0.15) is 0 Å². The molecule has 15 heavy (non-hydrogen) atoms. The predicted octanol–water partition coefficient (Wildman–Crippen LogP) is 3.46. The fraction of sp³-hybridized carbons (Fsp3) is 0.769. The van der Waals surface area contributed by atoms with Gasteiger partial charge in [-0.05, 0) is 33.6 Å². The monoisotopic (exact) mass is 210 g/mol. The molecule has 2 heteroatoms. The molecule has 0 radical (unpaired) electrons. The molecule has 0 aliphatic rings. The van der Waals surface area contributed by atoms with E-state index in [2.05, 4.69) is 11.8 Å². The summed E-state index contributed by atoms with van der Waals surface area (Å²) in [6.45, 7) is 5.44. The topological polar surface area (TPSA) is 37.3 Å². The third-order valence-corrected chi connectivity index (χ3v) is 2.61. The summed E-state index contributed by atoms with van der Waals surface area (Å²) >= 11 is 0. The second-order valence-corrected chi connectivity index (χ2v) is 4.53. The van der Waals surface area contributed by atoms with E-state index in [0.29, 0.717) is 0 Å². The van der Waals surface area contributed by atoms with Crippen molar-refractivity contribution in [2.45, 2.75) is 59.3 Å². The van der Waals surface area contributed by atoms with Gasteiger partial charge in [0.25, 0.3) is 0 Å². The van der Waals surface area contributed by atoms with Crippen LogP contribution >= 0.6 is 0 Å². The van der Waals surface area contributed by atoms with E-state index >= 15 is 0 Å². The largest absolute Gasteiger partial charge is 0.481 e. The van der Waals surface area contributed by atoms with Crippen LogP contribution in [0, 0.1) is 17.3 Å². The van der Waals surface area contributed by atoms with Gasteiger partial charge in [0.15, 0.2) is 0 Å². The molecule has 0 spiro atoms. The van der Waals surface area contributed by atoms with Crippen LogP contribution < -0.4 is 0 Å². The Morgan fingerprint density at radius 1 is 1.20 bits per heavy atom. The Hall–Kier alpha value is -0.970. The highest BCUT2D eigenvalue weighted by Crippen LogP contribution is 2.23. The zero-order valence-corrected chi connectivity index (χ0v) is 10.1. The summed E-state index contributed by atoms with van der Waals surface area (Å²) in [6.07, 6.45) is 6.14. The third kappa shape index (κ3) is 7.02. The lowest BCUT2D eigenvalue weighted by Crippen LogP contribution is -2.23. The summed E-state index contributed by atoms with van der Waals surface area (Å²) in [5.74, 6) is 5.20. The molecule has 0 fully saturated rings. The van der Waals surface area contributed by atoms with Crippen molar-refractivity contribution in [1.82, 2.24) is 0 Å². The number of hydrogen-bond donors (Lipinski definition) is 1. The SMILES string of the molecule is CC#CCCCCCCC(C)(C)C(=O)O. The maximum absolute atomic E-state index is 10.8. The van der Waals surface area contributed by atoms with Gasteiger partial charge in [0.1, 0.15) is 0 Å². The maximum Gasteiger partial charge on any atom is 0.309 e. The first-order chi connectivity index (χ1) is 7.00. The van der Waals surface area contributed by atoms with Gasteiger partial charge < -0.3 is 5.11 Å². The number of aliphatic carboxylic acids is 1. The van der Waals surface area contributed by atoms with E-state index in [-0.39, 0.29) is 0 Å². The van der Waals surface area contributed by atoms with Crippen molar-refractivity contribution in [1.29, 1.82) is 0 Å². The summed E-state index contributed by atoms with van der Waals surface area (Å²) < 4.78 is 0. The summed E-state index contributed by atoms with van der Waals surface area (Å²) in [4.78, 5) is 10.8. The Bertz CT molecular complexity index is 243. The summed E-state index contributed by atoms with van der Waals surface area (Å²) in [6, 6.07) is 0. The van der Waals surface area contributed by atoms with Crippen LogP contribution in [0.4, 0.5) is 0 Å². The molecule has 0 aliphatic carbocycles. The Labute approximate surface area is 93.1 Å². The Kier molecular flexibility index (Phi) is 6.86. The van der Waals surface area contributed by atoms with E-state index in [1.807, 2.05) is 6.92 Å². The number of rotatable bonds is 7. The number of hydrogen-bond acceptors (Lipinski definition) is 1. The normalized spacial score (nSPS) is 10.6. The van der Waals surface area contributed by atoms with Gasteiger partial charge >= 0.3 is 5.97 Å². The molecule has 0 aromatic carbocycles. The lowest BCUT2D eigenvalue weighted by atomic mass is 9.87. The first kappa shape index (κ1) is 14.0. The van der Waals surface area contributed by atoms with E-state index < -0.39 is 11.4 Å². The van der Waals surface area contributed by atoms with Crippen LogP contribution in [0.1, 0.15) is 59.3 Å². The van der Waals surface area contributed by atoms with E-state index in [4.69, 9.17) is 5.11 Å². The van der Waals surface area contributed by atoms with Crippen molar-refractivity contribution >= 4 is 5.97 Å². The average Bonchev–Trinajstić information content (AvgIpc) is 2.16. The van der Waals surface area contributed by atoms with Gasteiger partial charge in [-0.3, -0.25) is 4.79 Å². The minimum atomic E-state index is -0.695. The van der Waals surface area contributed by atoms with Crippen molar-refractivity contribution in [3.63, 3.8) is 0 Å². The molecule has 0 saturated carbocycles. The zero-order chi connectivity index (χ0) is 11.7. The van der Waals surface area contributed by atoms with Crippen LogP contribution in [0.2, 0.25) is 0 Å². The van der Waals surface area contributed by atoms with Crippen LogP contribution in [0.5, 0.6) is 0 Å². The molecule has 2 nitrogen and oxygen atoms in total. The molecule has 0 aliphatic heterocycles. The molecule has 1 N–H and O–H groups in total. The molecule has 0 heterocycles. The zero-order valence-electron chi connectivity index (χ0n) is 10.1. The molecule has 86 valence electrons. The van der Waals surface area contributed by atoms with Gasteiger partial charge in [0, 0.05) is 6.42 Å². The van der Waals surface area contributed by atoms with Gasteiger partial charge in [0.05, 0.1) is 5.41 Å². The van der Waals surface area contributed by atoms with Crippen molar-refractivity contribution in [3.05, 3.63) is 0 Å². The van der Waals surface area contributed by atoms with Crippen LogP contribution in [-0.4, -0.2) is 11.1 Å². The lowest BCUT2D eigenvalue weighted by molar-refractivity contribution is -0.147. The van der Waals surface area contributed by atoms with Crippen molar-refractivity contribution in [2.24, 2.45) is 5.41 Å². The molecule has 0 amide bonds. The Morgan fingerprint density at radius 3 is 2.33 bits per heavy atom. The summed E-state index contributed by atoms with van der Waals surface area (Å²) in [5, 5.41) is 8.90. The van der Waals surface area contributed by atoms with Gasteiger partial charge in [-0.25, -0.2) is 0 Å². The molecule has 0 saturated heterocycles. The number of unbranched alkanes of at least 4 members (excludes halogenated alkanes) is 4. The quantitative estimate of drug-likeness (QED) is 0.516. The molecular weight excluding hydrogens is 188 g/mol. The molecule has 0 aromatic heterocycles. The highest BCUT2D eigenvalue weighted by atomic mass is 16.4. The second kappa shape index (κ2) is 7.34. The fourth-order valence-corrected chi connectivity index (χ4v) is 1.37. The molecule has 0 atom stereocenters. The average molecular weight is 210 g/mol. The number of carbonyl (C=O) groups is 1. The van der Waals surface area contributed by atoms with Crippen LogP contribution in [0.3, 0.4) is 0 Å². The first-order valence-electron chi connectivity index (χ1n) is 5.63. The summed E-state index contributed by atoms with van der Waals surface area (Å²) in [7, 11) is 0. The van der Waals surface area contributed by atoms with E-state index in [9.17, 15) is 4.79 Å². The lowest BCUT2D eigenvalue weighted by Gasteiger charge is -2.18. The highest BCUT2D eigenvalue weighted by molar-refractivity contribution is 5.73. The van der Waals surface area contributed by atoms with E-state index in [0.717, 1.165) is 38.5 Å². The Morgan fingerprint density at radius 2 is 1.80 bits per heavy atom. The number of carboxylic acid groups (broad SMARTS) is 1. The first-order valence-corrected chi connectivity index (χ1v) is 5.63. The maximum atomic E-state index is 10.8. The molecule has 0 unspecified atom stereocenters. The smallest absolute Gasteiger partial charge is 0.309 e.